The summed E-state index contributed by atoms with van der Waals surface area (Å²) >= 11 is 0. The zero-order valence-electron chi connectivity index (χ0n) is 14.7. The number of aryl methyl sites for hydroxylation is 1. The van der Waals surface area contributed by atoms with E-state index >= 15 is 0 Å². The Morgan fingerprint density at radius 2 is 2.15 bits per heavy atom. The highest BCUT2D eigenvalue weighted by atomic mass is 16.6. The van der Waals surface area contributed by atoms with Crippen molar-refractivity contribution in [2.24, 2.45) is 5.10 Å². The molecule has 2 aromatic heterocycles. The number of anilines is 1. The number of para-hydroxylation sites is 1. The van der Waals surface area contributed by atoms with Crippen LogP contribution in [0.1, 0.15) is 21.7 Å². The van der Waals surface area contributed by atoms with Crippen LogP contribution in [0.3, 0.4) is 0 Å². The van der Waals surface area contributed by atoms with Crippen molar-refractivity contribution in [3.05, 3.63) is 35.2 Å². The lowest BCUT2D eigenvalue weighted by Crippen LogP contribution is -2.22. The summed E-state index contributed by atoms with van der Waals surface area (Å²) in [6.45, 7) is 1.61. The summed E-state index contributed by atoms with van der Waals surface area (Å²) in [4.78, 5) is 12.5. The van der Waals surface area contributed by atoms with Crippen LogP contribution in [0.4, 0.5) is 5.82 Å². The number of carbonyl (C=O) groups is 1. The molecule has 0 aliphatic heterocycles. The Hall–Kier alpha value is -3.96. The second-order valence-electron chi connectivity index (χ2n) is 5.19. The second-order valence-corrected chi connectivity index (χ2v) is 5.19. The molecule has 140 valence electrons. The first-order valence-electron chi connectivity index (χ1n) is 7.62. The molecule has 3 aromatic rings. The van der Waals surface area contributed by atoms with Gasteiger partial charge in [0.1, 0.15) is 0 Å². The first kappa shape index (κ1) is 17.8. The monoisotopic (exact) mass is 372 g/mol. The number of nitrogens with zero attached hydrogens (tertiary/aromatic N) is 6. The van der Waals surface area contributed by atoms with Crippen molar-refractivity contribution in [1.29, 1.82) is 0 Å². The predicted molar refractivity (Wildman–Crippen MR) is 93.0 cm³/mol. The number of amides is 1. The summed E-state index contributed by atoms with van der Waals surface area (Å²) in [6, 6.07) is 5.28. The minimum atomic E-state index is -0.571. The largest absolute Gasteiger partial charge is 0.493 e. The zero-order valence-corrected chi connectivity index (χ0v) is 14.7. The lowest BCUT2D eigenvalue weighted by Gasteiger charge is -2.09. The van der Waals surface area contributed by atoms with E-state index in [4.69, 9.17) is 15.2 Å². The Bertz CT molecular complexity index is 994. The normalized spacial score (nSPS) is 10.9. The number of methoxy groups -OCH3 is 2. The molecule has 3 rings (SSSR count). The lowest BCUT2D eigenvalue weighted by molar-refractivity contribution is 0.0946. The van der Waals surface area contributed by atoms with Crippen LogP contribution in [0.25, 0.3) is 5.82 Å². The van der Waals surface area contributed by atoms with E-state index < -0.39 is 5.91 Å². The van der Waals surface area contributed by atoms with Crippen molar-refractivity contribution in [3.8, 4) is 17.3 Å². The number of hydrazone groups is 1. The van der Waals surface area contributed by atoms with Crippen LogP contribution in [0.15, 0.2) is 27.9 Å². The van der Waals surface area contributed by atoms with Gasteiger partial charge in [-0.2, -0.15) is 9.78 Å². The third kappa shape index (κ3) is 3.40. The molecule has 0 saturated heterocycles. The molecular formula is C15H16N8O4. The number of hydrogen-bond donors (Lipinski definition) is 2. The van der Waals surface area contributed by atoms with Gasteiger partial charge in [0, 0.05) is 5.56 Å². The highest BCUT2D eigenvalue weighted by molar-refractivity contribution is 5.95. The average Bonchev–Trinajstić information content (AvgIpc) is 3.26. The van der Waals surface area contributed by atoms with Crippen molar-refractivity contribution < 1.29 is 18.9 Å². The zero-order chi connectivity index (χ0) is 19.4. The quantitative estimate of drug-likeness (QED) is 0.459. The van der Waals surface area contributed by atoms with Crippen molar-refractivity contribution in [2.75, 3.05) is 20.0 Å². The lowest BCUT2D eigenvalue weighted by atomic mass is 10.2. The second kappa shape index (κ2) is 7.51. The summed E-state index contributed by atoms with van der Waals surface area (Å²) < 4.78 is 16.2. The van der Waals surface area contributed by atoms with Gasteiger partial charge >= 0.3 is 0 Å². The number of carbonyl (C=O) groups excluding carboxylic acids is 1. The van der Waals surface area contributed by atoms with Gasteiger partial charge in [0.05, 0.1) is 26.1 Å². The first-order chi connectivity index (χ1) is 13.1. The summed E-state index contributed by atoms with van der Waals surface area (Å²) in [7, 11) is 3.04. The van der Waals surface area contributed by atoms with E-state index in [9.17, 15) is 4.79 Å². The first-order valence-corrected chi connectivity index (χ1v) is 7.62. The molecule has 27 heavy (non-hydrogen) atoms. The fourth-order valence-electron chi connectivity index (χ4n) is 2.33. The number of nitrogens with two attached hydrogens (primary N) is 1. The fourth-order valence-corrected chi connectivity index (χ4v) is 2.33. The third-order valence-electron chi connectivity index (χ3n) is 3.55. The predicted octanol–water partition coefficient (Wildman–Crippen LogP) is 0.322. The average molecular weight is 372 g/mol. The van der Waals surface area contributed by atoms with Gasteiger partial charge in [-0.25, -0.2) is 10.1 Å². The maximum absolute atomic E-state index is 12.5. The molecule has 0 radical (unpaired) electrons. The number of hydrogen-bond acceptors (Lipinski definition) is 10. The number of nitrogen functional groups attached to an aromatic ring is 1. The van der Waals surface area contributed by atoms with Crippen molar-refractivity contribution >= 4 is 17.9 Å². The van der Waals surface area contributed by atoms with Crippen LogP contribution in [-0.4, -0.2) is 51.6 Å². The van der Waals surface area contributed by atoms with E-state index in [0.717, 1.165) is 4.68 Å². The molecule has 1 amide bonds. The van der Waals surface area contributed by atoms with E-state index in [1.54, 1.807) is 25.1 Å². The van der Waals surface area contributed by atoms with E-state index in [0.29, 0.717) is 22.8 Å². The van der Waals surface area contributed by atoms with Gasteiger partial charge in [0.15, 0.2) is 17.2 Å². The molecular weight excluding hydrogens is 356 g/mol. The van der Waals surface area contributed by atoms with Crippen LogP contribution < -0.4 is 20.6 Å². The number of benzene rings is 1. The van der Waals surface area contributed by atoms with Crippen LogP contribution in [0, 0.1) is 6.92 Å². The minimum absolute atomic E-state index is 0.0291. The Labute approximate surface area is 152 Å². The summed E-state index contributed by atoms with van der Waals surface area (Å²) in [6.07, 6.45) is 1.43. The molecule has 0 unspecified atom stereocenters. The van der Waals surface area contributed by atoms with Gasteiger partial charge in [0.25, 0.3) is 5.91 Å². The smallest absolute Gasteiger partial charge is 0.292 e. The summed E-state index contributed by atoms with van der Waals surface area (Å²) in [5.74, 6) is 0.484. The number of rotatable bonds is 6. The Kier molecular flexibility index (Phi) is 4.97. The number of nitrogens with one attached hydrogen (secondary N) is 1. The highest BCUT2D eigenvalue weighted by Gasteiger charge is 2.22. The highest BCUT2D eigenvalue weighted by Crippen LogP contribution is 2.29. The van der Waals surface area contributed by atoms with Gasteiger partial charge in [-0.05, 0) is 29.4 Å². The molecule has 12 heteroatoms. The Morgan fingerprint density at radius 1 is 1.33 bits per heavy atom. The van der Waals surface area contributed by atoms with Crippen LogP contribution in [-0.2, 0) is 0 Å². The Balaban J connectivity index is 1.83. The van der Waals surface area contributed by atoms with E-state index in [2.05, 4.69) is 35.8 Å². The van der Waals surface area contributed by atoms with Crippen LogP contribution in [0.2, 0.25) is 0 Å². The molecule has 0 fully saturated rings. The Morgan fingerprint density at radius 3 is 2.81 bits per heavy atom. The number of ether oxygens (including phenoxy) is 2. The molecule has 1 aromatic carbocycles. The van der Waals surface area contributed by atoms with E-state index in [1.807, 2.05) is 0 Å². The van der Waals surface area contributed by atoms with Gasteiger partial charge in [-0.1, -0.05) is 11.3 Å². The number of aromatic nitrogens is 5. The van der Waals surface area contributed by atoms with E-state index in [1.165, 1.54) is 20.4 Å². The molecule has 0 atom stereocenters. The maximum Gasteiger partial charge on any atom is 0.292 e. The topological polar surface area (TPSA) is 156 Å². The van der Waals surface area contributed by atoms with Crippen LogP contribution in [0.5, 0.6) is 11.5 Å². The summed E-state index contributed by atoms with van der Waals surface area (Å²) in [5, 5.41) is 18.7. The van der Waals surface area contributed by atoms with Gasteiger partial charge < -0.3 is 15.2 Å². The van der Waals surface area contributed by atoms with Crippen molar-refractivity contribution in [3.63, 3.8) is 0 Å². The standard InChI is InChI=1S/C15H16N8O4/c1-8-11(23(22-18-8)14-13(16)20-27-21-14)15(24)19-17-7-9-5-4-6-10(25-2)12(9)26-3/h4-7H,1-3H3,(H2,16,20)(H,19,24). The summed E-state index contributed by atoms with van der Waals surface area (Å²) in [5.41, 5.74) is 9.10. The maximum atomic E-state index is 12.5. The molecule has 0 aliphatic rings. The molecule has 0 aliphatic carbocycles. The van der Waals surface area contributed by atoms with Crippen molar-refractivity contribution in [1.82, 2.24) is 30.7 Å². The minimum Gasteiger partial charge on any atom is -0.493 e. The molecule has 0 bridgehead atoms. The molecule has 12 nitrogen and oxygen atoms in total. The van der Waals surface area contributed by atoms with Crippen molar-refractivity contribution in [2.45, 2.75) is 6.92 Å². The van der Waals surface area contributed by atoms with E-state index in [-0.39, 0.29) is 17.3 Å². The SMILES string of the molecule is COc1cccc(C=NNC(=O)c2c(C)nnn2-c2nonc2N)c1OC. The molecule has 0 spiro atoms. The van der Waals surface area contributed by atoms with Gasteiger partial charge in [-0.15, -0.1) is 5.10 Å². The fraction of sp³-hybridized carbons (Fsp3) is 0.200. The molecule has 0 saturated carbocycles. The third-order valence-corrected chi connectivity index (χ3v) is 3.55. The van der Waals surface area contributed by atoms with Gasteiger partial charge in [0.2, 0.25) is 11.6 Å². The molecule has 3 N–H and O–H groups in total. The van der Waals surface area contributed by atoms with Gasteiger partial charge in [-0.3, -0.25) is 4.79 Å². The van der Waals surface area contributed by atoms with Crippen LogP contribution >= 0.6 is 0 Å². The molecule has 2 heterocycles.